The van der Waals surface area contributed by atoms with E-state index in [1.807, 2.05) is 19.9 Å². The van der Waals surface area contributed by atoms with Crippen LogP contribution in [0.3, 0.4) is 0 Å². The molecule has 0 radical (unpaired) electrons. The predicted molar refractivity (Wildman–Crippen MR) is 69.0 cm³/mol. The van der Waals surface area contributed by atoms with Gasteiger partial charge in [-0.15, -0.1) is 11.3 Å². The number of aryl methyl sites for hydroxylation is 2. The Hall–Kier alpha value is -1.68. The molecule has 0 atom stereocenters. The molecule has 3 nitrogen and oxygen atoms in total. The van der Waals surface area contributed by atoms with Gasteiger partial charge >= 0.3 is 0 Å². The van der Waals surface area contributed by atoms with Crippen LogP contribution in [0, 0.1) is 13.8 Å². The zero-order valence-corrected chi connectivity index (χ0v) is 10.8. The Morgan fingerprint density at radius 3 is 2.71 bits per heavy atom. The monoisotopic (exact) mass is 247 g/mol. The minimum Gasteiger partial charge on any atom is -0.496 e. The average Bonchev–Trinajstić information content (AvgIpc) is 2.76. The summed E-state index contributed by atoms with van der Waals surface area (Å²) < 4.78 is 5.38. The molecule has 0 N–H and O–H groups in total. The quantitative estimate of drug-likeness (QED) is 0.781. The summed E-state index contributed by atoms with van der Waals surface area (Å²) in [5, 5.41) is 2.57. The molecular formula is C13H13NO2S. The summed E-state index contributed by atoms with van der Waals surface area (Å²) in [4.78, 5) is 14.9. The second-order valence-corrected chi connectivity index (χ2v) is 4.71. The molecule has 0 saturated heterocycles. The number of thiazole rings is 1. The molecule has 0 amide bonds. The van der Waals surface area contributed by atoms with E-state index >= 15 is 0 Å². The molecule has 1 aromatic carbocycles. The molecule has 1 heterocycles. The summed E-state index contributed by atoms with van der Waals surface area (Å²) in [5.41, 5.74) is 3.69. The SMILES string of the molecule is COc1cc(C)cc(C)c1-c1nc(C=O)cs1. The van der Waals surface area contributed by atoms with Gasteiger partial charge in [0.05, 0.1) is 12.7 Å². The third-order valence-electron chi connectivity index (χ3n) is 2.52. The fourth-order valence-electron chi connectivity index (χ4n) is 1.82. The highest BCUT2D eigenvalue weighted by atomic mass is 32.1. The molecule has 0 aliphatic carbocycles. The average molecular weight is 247 g/mol. The maximum Gasteiger partial charge on any atom is 0.169 e. The number of rotatable bonds is 3. The highest BCUT2D eigenvalue weighted by Crippen LogP contribution is 2.35. The lowest BCUT2D eigenvalue weighted by Crippen LogP contribution is -1.92. The number of carbonyl (C=O) groups is 1. The van der Waals surface area contributed by atoms with Crippen LogP contribution in [0.2, 0.25) is 0 Å². The highest BCUT2D eigenvalue weighted by Gasteiger charge is 2.13. The summed E-state index contributed by atoms with van der Waals surface area (Å²) in [6.07, 6.45) is 0.760. The summed E-state index contributed by atoms with van der Waals surface area (Å²) in [6.45, 7) is 4.05. The fraction of sp³-hybridized carbons (Fsp3) is 0.231. The first-order valence-electron chi connectivity index (χ1n) is 5.22. The van der Waals surface area contributed by atoms with Crippen molar-refractivity contribution in [3.8, 4) is 16.3 Å². The Bertz CT molecular complexity index is 561. The first-order chi connectivity index (χ1) is 8.15. The lowest BCUT2D eigenvalue weighted by molar-refractivity contribution is 0.111. The van der Waals surface area contributed by atoms with Crippen molar-refractivity contribution >= 4 is 17.6 Å². The number of hydrogen-bond acceptors (Lipinski definition) is 4. The molecule has 88 valence electrons. The topological polar surface area (TPSA) is 39.2 Å². The molecule has 1 aromatic heterocycles. The smallest absolute Gasteiger partial charge is 0.169 e. The number of aromatic nitrogens is 1. The largest absolute Gasteiger partial charge is 0.496 e. The van der Waals surface area contributed by atoms with Crippen molar-refractivity contribution in [1.82, 2.24) is 4.98 Å². The van der Waals surface area contributed by atoms with Crippen LogP contribution in [0.5, 0.6) is 5.75 Å². The molecule has 17 heavy (non-hydrogen) atoms. The lowest BCUT2D eigenvalue weighted by Gasteiger charge is -2.10. The van der Waals surface area contributed by atoms with Crippen LogP contribution in [-0.4, -0.2) is 18.4 Å². The van der Waals surface area contributed by atoms with Crippen molar-refractivity contribution in [2.45, 2.75) is 13.8 Å². The zero-order chi connectivity index (χ0) is 12.4. The maximum atomic E-state index is 10.7. The number of nitrogens with zero attached hydrogens (tertiary/aromatic N) is 1. The minimum atomic E-state index is 0.465. The van der Waals surface area contributed by atoms with E-state index in [1.54, 1.807) is 12.5 Å². The van der Waals surface area contributed by atoms with Gasteiger partial charge in [0.15, 0.2) is 6.29 Å². The van der Waals surface area contributed by atoms with Gasteiger partial charge in [-0.05, 0) is 31.0 Å². The van der Waals surface area contributed by atoms with Crippen LogP contribution in [-0.2, 0) is 0 Å². The minimum absolute atomic E-state index is 0.465. The molecule has 2 rings (SSSR count). The van der Waals surface area contributed by atoms with Crippen LogP contribution < -0.4 is 4.74 Å². The van der Waals surface area contributed by atoms with Gasteiger partial charge in [0, 0.05) is 5.38 Å². The van der Waals surface area contributed by atoms with E-state index in [2.05, 4.69) is 11.1 Å². The van der Waals surface area contributed by atoms with Gasteiger partial charge in [-0.3, -0.25) is 4.79 Å². The van der Waals surface area contributed by atoms with Crippen LogP contribution in [0.25, 0.3) is 10.6 Å². The van der Waals surface area contributed by atoms with Crippen LogP contribution >= 0.6 is 11.3 Å². The van der Waals surface area contributed by atoms with E-state index in [0.717, 1.165) is 33.7 Å². The Morgan fingerprint density at radius 1 is 1.35 bits per heavy atom. The van der Waals surface area contributed by atoms with E-state index in [1.165, 1.54) is 11.3 Å². The second kappa shape index (κ2) is 4.67. The molecule has 0 saturated carbocycles. The number of aldehydes is 1. The normalized spacial score (nSPS) is 10.3. The van der Waals surface area contributed by atoms with Crippen molar-refractivity contribution in [2.24, 2.45) is 0 Å². The summed E-state index contributed by atoms with van der Waals surface area (Å²) >= 11 is 1.45. The first-order valence-corrected chi connectivity index (χ1v) is 6.10. The Morgan fingerprint density at radius 2 is 2.12 bits per heavy atom. The van der Waals surface area contributed by atoms with E-state index < -0.39 is 0 Å². The molecule has 4 heteroatoms. The van der Waals surface area contributed by atoms with E-state index in [-0.39, 0.29) is 0 Å². The molecule has 0 unspecified atom stereocenters. The summed E-state index contributed by atoms with van der Waals surface area (Å²) in [6, 6.07) is 4.06. The Balaban J connectivity index is 2.61. The van der Waals surface area contributed by atoms with Crippen LogP contribution in [0.1, 0.15) is 21.6 Å². The number of ether oxygens (including phenoxy) is 1. The van der Waals surface area contributed by atoms with Crippen molar-refractivity contribution in [2.75, 3.05) is 7.11 Å². The van der Waals surface area contributed by atoms with E-state index in [9.17, 15) is 4.79 Å². The summed E-state index contributed by atoms with van der Waals surface area (Å²) in [7, 11) is 1.64. The molecule has 0 aliphatic heterocycles. The zero-order valence-electron chi connectivity index (χ0n) is 9.98. The van der Waals surface area contributed by atoms with Crippen LogP contribution in [0.15, 0.2) is 17.5 Å². The van der Waals surface area contributed by atoms with Gasteiger partial charge in [-0.1, -0.05) is 6.07 Å². The second-order valence-electron chi connectivity index (χ2n) is 3.85. The van der Waals surface area contributed by atoms with Crippen molar-refractivity contribution in [1.29, 1.82) is 0 Å². The Kier molecular flexibility index (Phi) is 3.24. The first kappa shape index (κ1) is 11.8. The molecule has 0 aliphatic rings. The lowest BCUT2D eigenvalue weighted by atomic mass is 10.0. The third-order valence-corrected chi connectivity index (χ3v) is 3.40. The number of benzene rings is 1. The van der Waals surface area contributed by atoms with Gasteiger partial charge in [0.2, 0.25) is 0 Å². The molecule has 0 spiro atoms. The van der Waals surface area contributed by atoms with Gasteiger partial charge in [0.1, 0.15) is 16.5 Å². The maximum absolute atomic E-state index is 10.7. The van der Waals surface area contributed by atoms with Crippen molar-refractivity contribution in [3.05, 3.63) is 34.3 Å². The molecular weight excluding hydrogens is 234 g/mol. The molecule has 0 bridgehead atoms. The van der Waals surface area contributed by atoms with Crippen molar-refractivity contribution < 1.29 is 9.53 Å². The van der Waals surface area contributed by atoms with Gasteiger partial charge in [-0.25, -0.2) is 4.98 Å². The van der Waals surface area contributed by atoms with Gasteiger partial charge in [0.25, 0.3) is 0 Å². The summed E-state index contributed by atoms with van der Waals surface area (Å²) in [5.74, 6) is 0.800. The standard InChI is InChI=1S/C13H13NO2S/c1-8-4-9(2)12(11(5-8)16-3)13-14-10(6-15)7-17-13/h4-7H,1-3H3. The molecule has 2 aromatic rings. The third kappa shape index (κ3) is 2.22. The molecule has 0 fully saturated rings. The predicted octanol–water partition coefficient (Wildman–Crippen LogP) is 3.25. The van der Waals surface area contributed by atoms with Crippen LogP contribution in [0.4, 0.5) is 0 Å². The van der Waals surface area contributed by atoms with Gasteiger partial charge in [-0.2, -0.15) is 0 Å². The van der Waals surface area contributed by atoms with Crippen molar-refractivity contribution in [3.63, 3.8) is 0 Å². The van der Waals surface area contributed by atoms with Gasteiger partial charge < -0.3 is 4.74 Å². The highest BCUT2D eigenvalue weighted by molar-refractivity contribution is 7.13. The fourth-order valence-corrected chi connectivity index (χ4v) is 2.70. The number of methoxy groups -OCH3 is 1. The number of carbonyl (C=O) groups excluding carboxylic acids is 1. The number of hydrogen-bond donors (Lipinski definition) is 0. The van der Waals surface area contributed by atoms with E-state index in [4.69, 9.17) is 4.74 Å². The Labute approximate surface area is 104 Å². The van der Waals surface area contributed by atoms with E-state index in [0.29, 0.717) is 5.69 Å².